The molecule has 2 amide bonds. The molecule has 0 radical (unpaired) electrons. The summed E-state index contributed by atoms with van der Waals surface area (Å²) in [7, 11) is 0. The molecule has 2 aliphatic carbocycles. The Morgan fingerprint density at radius 2 is 1.87 bits per heavy atom. The summed E-state index contributed by atoms with van der Waals surface area (Å²) < 4.78 is 5.42. The molecule has 1 atom stereocenters. The van der Waals surface area contributed by atoms with Crippen LogP contribution in [0.5, 0.6) is 0 Å². The highest BCUT2D eigenvalue weighted by Gasteiger charge is 2.56. The highest BCUT2D eigenvalue weighted by atomic mass is 16.5. The molecule has 30 heavy (non-hydrogen) atoms. The van der Waals surface area contributed by atoms with Gasteiger partial charge in [-0.2, -0.15) is 0 Å². The maximum atomic E-state index is 13.8. The number of nitrogens with zero attached hydrogens (tertiary/aromatic N) is 1. The lowest BCUT2D eigenvalue weighted by Crippen LogP contribution is -2.65. The zero-order chi connectivity index (χ0) is 21.0. The molecule has 1 aromatic carbocycles. The van der Waals surface area contributed by atoms with Crippen molar-refractivity contribution in [3.8, 4) is 0 Å². The topological polar surface area (TPSA) is 58.6 Å². The molecule has 0 saturated heterocycles. The molecule has 5 nitrogen and oxygen atoms in total. The van der Waals surface area contributed by atoms with Gasteiger partial charge in [-0.1, -0.05) is 50.3 Å². The van der Waals surface area contributed by atoms with Gasteiger partial charge in [0.15, 0.2) is 0 Å². The van der Waals surface area contributed by atoms with Crippen LogP contribution in [0.25, 0.3) is 0 Å². The average Bonchev–Trinajstić information content (AvgIpc) is 3.28. The second-order valence-electron chi connectivity index (χ2n) is 9.14. The van der Waals surface area contributed by atoms with Gasteiger partial charge in [0.25, 0.3) is 5.91 Å². The second kappa shape index (κ2) is 9.51. The van der Waals surface area contributed by atoms with Gasteiger partial charge in [-0.3, -0.25) is 9.59 Å². The molecule has 0 aromatic heterocycles. The zero-order valence-corrected chi connectivity index (χ0v) is 18.3. The van der Waals surface area contributed by atoms with Crippen LogP contribution in [0.3, 0.4) is 0 Å². The number of hydrogen-bond acceptors (Lipinski definition) is 3. The van der Waals surface area contributed by atoms with Crippen molar-refractivity contribution < 1.29 is 14.3 Å². The quantitative estimate of drug-likeness (QED) is 0.675. The van der Waals surface area contributed by atoms with Crippen LogP contribution in [-0.4, -0.2) is 48.1 Å². The largest absolute Gasteiger partial charge is 0.382 e. The van der Waals surface area contributed by atoms with Gasteiger partial charge in [-0.25, -0.2) is 0 Å². The lowest BCUT2D eigenvalue weighted by molar-refractivity contribution is -0.128. The van der Waals surface area contributed by atoms with E-state index in [1.165, 1.54) is 19.3 Å². The molecule has 1 aliphatic heterocycles. The first-order valence-electron chi connectivity index (χ1n) is 12.0. The molecule has 4 rings (SSSR count). The Kier molecular flexibility index (Phi) is 6.77. The molecule has 2 saturated carbocycles. The number of hydrogen-bond donors (Lipinski definition) is 1. The summed E-state index contributed by atoms with van der Waals surface area (Å²) in [5, 5.41) is 3.19. The Morgan fingerprint density at radius 1 is 1.13 bits per heavy atom. The predicted molar refractivity (Wildman–Crippen MR) is 118 cm³/mol. The maximum absolute atomic E-state index is 13.8. The van der Waals surface area contributed by atoms with Crippen LogP contribution >= 0.6 is 0 Å². The van der Waals surface area contributed by atoms with Crippen molar-refractivity contribution in [3.05, 3.63) is 35.4 Å². The summed E-state index contributed by atoms with van der Waals surface area (Å²) in [5.74, 6) is -0.0458. The van der Waals surface area contributed by atoms with E-state index in [1.807, 2.05) is 31.2 Å². The molecule has 164 valence electrons. The van der Waals surface area contributed by atoms with Gasteiger partial charge in [0.05, 0.1) is 11.5 Å². The summed E-state index contributed by atoms with van der Waals surface area (Å²) in [6.45, 7) is 3.96. The molecular formula is C25H36N2O3. The average molecular weight is 413 g/mol. The zero-order valence-electron chi connectivity index (χ0n) is 18.3. The lowest BCUT2D eigenvalue weighted by atomic mass is 9.64. The van der Waals surface area contributed by atoms with E-state index in [0.29, 0.717) is 19.8 Å². The molecule has 0 unspecified atom stereocenters. The van der Waals surface area contributed by atoms with Crippen molar-refractivity contribution in [2.45, 2.75) is 88.6 Å². The number of benzene rings is 1. The van der Waals surface area contributed by atoms with Crippen molar-refractivity contribution in [2.24, 2.45) is 0 Å². The molecule has 5 heteroatoms. The smallest absolute Gasteiger partial charge is 0.254 e. The van der Waals surface area contributed by atoms with E-state index in [-0.39, 0.29) is 29.3 Å². The fraction of sp³-hybridized carbons (Fsp3) is 0.680. The third-order valence-electron chi connectivity index (χ3n) is 7.38. The van der Waals surface area contributed by atoms with Gasteiger partial charge in [0.1, 0.15) is 0 Å². The first-order chi connectivity index (χ1) is 14.7. The van der Waals surface area contributed by atoms with Crippen LogP contribution in [0.1, 0.15) is 93.0 Å². The van der Waals surface area contributed by atoms with Crippen molar-refractivity contribution in [1.82, 2.24) is 10.2 Å². The van der Waals surface area contributed by atoms with Crippen LogP contribution in [0.4, 0.5) is 0 Å². The third-order valence-corrected chi connectivity index (χ3v) is 7.38. The Hall–Kier alpha value is -1.88. The Bertz CT molecular complexity index is 751. The lowest BCUT2D eigenvalue weighted by Gasteiger charge is -2.56. The summed E-state index contributed by atoms with van der Waals surface area (Å²) in [6, 6.07) is 8.12. The van der Waals surface area contributed by atoms with E-state index in [9.17, 15) is 9.59 Å². The minimum Gasteiger partial charge on any atom is -0.382 e. The summed E-state index contributed by atoms with van der Waals surface area (Å²) in [6.07, 6.45) is 10.5. The van der Waals surface area contributed by atoms with Crippen LogP contribution in [0.2, 0.25) is 0 Å². The number of carbonyl (C=O) groups is 2. The van der Waals surface area contributed by atoms with Crippen molar-refractivity contribution in [2.75, 3.05) is 19.8 Å². The fourth-order valence-corrected chi connectivity index (χ4v) is 6.11. The Labute approximate surface area is 180 Å². The maximum Gasteiger partial charge on any atom is 0.254 e. The van der Waals surface area contributed by atoms with Gasteiger partial charge in [0, 0.05) is 31.4 Å². The number of rotatable bonds is 7. The fourth-order valence-electron chi connectivity index (χ4n) is 6.11. The van der Waals surface area contributed by atoms with Crippen LogP contribution < -0.4 is 5.32 Å². The predicted octanol–water partition coefficient (Wildman–Crippen LogP) is 4.41. The number of carbonyl (C=O) groups excluding carboxylic acids is 2. The van der Waals surface area contributed by atoms with Gasteiger partial charge >= 0.3 is 0 Å². The molecular weight excluding hydrogens is 376 g/mol. The van der Waals surface area contributed by atoms with Gasteiger partial charge in [0.2, 0.25) is 5.91 Å². The summed E-state index contributed by atoms with van der Waals surface area (Å²) >= 11 is 0. The SMILES string of the molecule is CCOCCCNC(=O)[C@@H]1c2ccccc2C(=O)N(C2CCCC2)C12CCCCC2. The first-order valence-corrected chi connectivity index (χ1v) is 12.0. The molecule has 2 fully saturated rings. The molecule has 1 heterocycles. The first kappa shape index (κ1) is 21.4. The number of nitrogens with one attached hydrogen (secondary N) is 1. The van der Waals surface area contributed by atoms with E-state index in [1.54, 1.807) is 0 Å². The summed E-state index contributed by atoms with van der Waals surface area (Å²) in [5.41, 5.74) is 1.29. The van der Waals surface area contributed by atoms with Crippen molar-refractivity contribution >= 4 is 11.8 Å². The number of fused-ring (bicyclic) bond motifs is 1. The van der Waals surface area contributed by atoms with Gasteiger partial charge < -0.3 is 15.0 Å². The molecule has 0 bridgehead atoms. The summed E-state index contributed by atoms with van der Waals surface area (Å²) in [4.78, 5) is 29.6. The van der Waals surface area contributed by atoms with Crippen molar-refractivity contribution in [3.63, 3.8) is 0 Å². The van der Waals surface area contributed by atoms with Crippen molar-refractivity contribution in [1.29, 1.82) is 0 Å². The number of amides is 2. The van der Waals surface area contributed by atoms with Gasteiger partial charge in [-0.15, -0.1) is 0 Å². The third kappa shape index (κ3) is 3.89. The van der Waals surface area contributed by atoms with E-state index in [4.69, 9.17) is 4.74 Å². The standard InChI is InChI=1S/C25H36N2O3/c1-2-30-18-10-17-26-23(28)22-20-13-6-7-14-21(20)24(29)27(19-11-4-5-12-19)25(22)15-8-3-9-16-25/h6-7,13-14,19,22H,2-5,8-12,15-18H2,1H3,(H,26,28)/t22-/m0/s1. The van der Waals surface area contributed by atoms with E-state index in [0.717, 1.165) is 56.1 Å². The van der Waals surface area contributed by atoms with E-state index in [2.05, 4.69) is 10.2 Å². The van der Waals surface area contributed by atoms with Gasteiger partial charge in [-0.05, 0) is 50.7 Å². The minimum atomic E-state index is -0.372. The molecule has 1 N–H and O–H groups in total. The minimum absolute atomic E-state index is 0.0799. The molecule has 3 aliphatic rings. The monoisotopic (exact) mass is 412 g/mol. The molecule has 1 spiro atoms. The van der Waals surface area contributed by atoms with Crippen LogP contribution in [-0.2, 0) is 9.53 Å². The van der Waals surface area contributed by atoms with Crippen LogP contribution in [0.15, 0.2) is 24.3 Å². The van der Waals surface area contributed by atoms with E-state index >= 15 is 0 Å². The van der Waals surface area contributed by atoms with E-state index < -0.39 is 0 Å². The number of ether oxygens (including phenoxy) is 1. The molecule has 1 aromatic rings. The Balaban J connectivity index is 1.69. The highest BCUT2D eigenvalue weighted by molar-refractivity contribution is 6.02. The highest BCUT2D eigenvalue weighted by Crippen LogP contribution is 2.51. The second-order valence-corrected chi connectivity index (χ2v) is 9.14. The van der Waals surface area contributed by atoms with Crippen LogP contribution in [0, 0.1) is 0 Å². The normalized spacial score (nSPS) is 23.6. The Morgan fingerprint density at radius 3 is 2.60 bits per heavy atom.